The third kappa shape index (κ3) is 6.08. The summed E-state index contributed by atoms with van der Waals surface area (Å²) in [4.78, 5) is 37.7. The highest BCUT2D eigenvalue weighted by Gasteiger charge is 2.28. The average molecular weight is 639 g/mol. The zero-order valence-electron chi connectivity index (χ0n) is 28.8. The number of methoxy groups -OCH3 is 5. The first-order valence-electron chi connectivity index (χ1n) is 15.4. The van der Waals surface area contributed by atoms with Gasteiger partial charge in [0.1, 0.15) is 28.7 Å². The van der Waals surface area contributed by atoms with Crippen molar-refractivity contribution in [3.63, 3.8) is 0 Å². The Bertz CT molecular complexity index is 1770. The molecule has 4 aromatic rings. The third-order valence-electron chi connectivity index (χ3n) is 8.84. The van der Waals surface area contributed by atoms with Crippen LogP contribution < -0.4 is 23.7 Å². The van der Waals surface area contributed by atoms with Crippen molar-refractivity contribution < 1.29 is 38.1 Å². The van der Waals surface area contributed by atoms with Crippen LogP contribution in [0.25, 0.3) is 33.4 Å². The number of aldehydes is 2. The van der Waals surface area contributed by atoms with E-state index in [1.54, 1.807) is 45.6 Å². The second kappa shape index (κ2) is 14.5. The molecule has 47 heavy (non-hydrogen) atoms. The molecule has 0 spiro atoms. The molecule has 4 aromatic carbocycles. The van der Waals surface area contributed by atoms with Gasteiger partial charge in [0, 0.05) is 29.7 Å². The third-order valence-corrected chi connectivity index (χ3v) is 8.84. The van der Waals surface area contributed by atoms with Crippen LogP contribution in [0.15, 0.2) is 36.4 Å². The van der Waals surface area contributed by atoms with Gasteiger partial charge < -0.3 is 23.7 Å². The summed E-state index contributed by atoms with van der Waals surface area (Å²) in [6.45, 7) is 9.96. The Balaban J connectivity index is 2.31. The maximum atomic E-state index is 13.2. The fourth-order valence-electron chi connectivity index (χ4n) is 6.58. The van der Waals surface area contributed by atoms with Crippen molar-refractivity contribution in [3.05, 3.63) is 75.3 Å². The van der Waals surface area contributed by atoms with E-state index in [9.17, 15) is 14.4 Å². The van der Waals surface area contributed by atoms with Crippen molar-refractivity contribution in [1.29, 1.82) is 0 Å². The Hall–Kier alpha value is -5.11. The number of hydrogen-bond acceptors (Lipinski definition) is 8. The Morgan fingerprint density at radius 1 is 0.553 bits per heavy atom. The molecule has 0 saturated carbocycles. The van der Waals surface area contributed by atoms with Gasteiger partial charge in [0.25, 0.3) is 0 Å². The minimum Gasteiger partial charge on any atom is -0.496 e. The molecule has 0 fully saturated rings. The van der Waals surface area contributed by atoms with Crippen molar-refractivity contribution in [2.75, 3.05) is 35.5 Å². The topological polar surface area (TPSA) is 97.4 Å². The van der Waals surface area contributed by atoms with Crippen LogP contribution in [-0.4, -0.2) is 53.9 Å². The molecule has 4 rings (SSSR count). The molecule has 8 heteroatoms. The summed E-state index contributed by atoms with van der Waals surface area (Å²) in [7, 11) is 7.73. The van der Waals surface area contributed by atoms with Crippen molar-refractivity contribution in [2.45, 2.75) is 47.5 Å². The van der Waals surface area contributed by atoms with Gasteiger partial charge in [-0.2, -0.15) is 0 Å². The predicted octanol–water partition coefficient (Wildman–Crippen LogP) is 8.44. The van der Waals surface area contributed by atoms with Crippen LogP contribution in [0.1, 0.15) is 73.6 Å². The number of rotatable bonds is 13. The highest BCUT2D eigenvalue weighted by molar-refractivity contribution is 6.02. The summed E-state index contributed by atoms with van der Waals surface area (Å²) in [6.07, 6.45) is 2.50. The van der Waals surface area contributed by atoms with Crippen LogP contribution in [0, 0.1) is 20.8 Å². The fraction of sp³-hybridized carbons (Fsp3) is 0.308. The first kappa shape index (κ1) is 34.8. The standard InChI is InChI=1S/C39H42O8/c1-11-24-15-34(45-8)28(31(42)12-2)16-27(24)37-21(3)38(29-13-25(19-40)32(43-6)17-35(29)46-9)23(5)39(22(37)4)30-14-26(20-41)33(44-7)18-36(30)47-10/h13-20H,11-12H2,1-10H3. The van der Waals surface area contributed by atoms with E-state index in [1.165, 1.54) is 14.2 Å². The molecular formula is C39H42O8. The van der Waals surface area contributed by atoms with E-state index in [-0.39, 0.29) is 5.78 Å². The Morgan fingerprint density at radius 2 is 0.957 bits per heavy atom. The minimum atomic E-state index is -0.0338. The smallest absolute Gasteiger partial charge is 0.166 e. The average Bonchev–Trinajstić information content (AvgIpc) is 3.10. The van der Waals surface area contributed by atoms with Gasteiger partial charge in [-0.15, -0.1) is 0 Å². The van der Waals surface area contributed by atoms with Crippen LogP contribution in [-0.2, 0) is 6.42 Å². The number of benzene rings is 4. The highest BCUT2D eigenvalue weighted by atomic mass is 16.5. The summed E-state index contributed by atoms with van der Waals surface area (Å²) in [6, 6.07) is 10.8. The number of ketones is 1. The summed E-state index contributed by atoms with van der Waals surface area (Å²) in [5.41, 5.74) is 9.76. The van der Waals surface area contributed by atoms with Crippen molar-refractivity contribution in [2.24, 2.45) is 0 Å². The fourth-order valence-corrected chi connectivity index (χ4v) is 6.58. The molecule has 0 N–H and O–H groups in total. The maximum absolute atomic E-state index is 13.2. The molecule has 0 aromatic heterocycles. The quantitative estimate of drug-likeness (QED) is 0.106. The monoisotopic (exact) mass is 638 g/mol. The van der Waals surface area contributed by atoms with Gasteiger partial charge >= 0.3 is 0 Å². The van der Waals surface area contributed by atoms with E-state index in [2.05, 4.69) is 6.92 Å². The lowest BCUT2D eigenvalue weighted by atomic mass is 9.78. The number of carbonyl (C=O) groups excluding carboxylic acids is 3. The maximum Gasteiger partial charge on any atom is 0.166 e. The molecule has 0 saturated heterocycles. The molecule has 0 amide bonds. The predicted molar refractivity (Wildman–Crippen MR) is 184 cm³/mol. The summed E-state index contributed by atoms with van der Waals surface area (Å²) >= 11 is 0. The van der Waals surface area contributed by atoms with Gasteiger partial charge in [0.15, 0.2) is 18.4 Å². The van der Waals surface area contributed by atoms with E-state index in [0.29, 0.717) is 69.4 Å². The summed E-state index contributed by atoms with van der Waals surface area (Å²) < 4.78 is 28.4. The van der Waals surface area contributed by atoms with Crippen molar-refractivity contribution in [3.8, 4) is 62.1 Å². The van der Waals surface area contributed by atoms with Crippen LogP contribution in [0.4, 0.5) is 0 Å². The van der Waals surface area contributed by atoms with Gasteiger partial charge in [-0.05, 0) is 96.0 Å². The summed E-state index contributed by atoms with van der Waals surface area (Å²) in [5.74, 6) is 2.31. The molecule has 0 aliphatic rings. The van der Waals surface area contributed by atoms with E-state index in [0.717, 1.165) is 57.1 Å². The van der Waals surface area contributed by atoms with Gasteiger partial charge in [0.05, 0.1) is 52.2 Å². The van der Waals surface area contributed by atoms with Gasteiger partial charge in [-0.1, -0.05) is 13.8 Å². The van der Waals surface area contributed by atoms with E-state index in [4.69, 9.17) is 23.7 Å². The Kier molecular flexibility index (Phi) is 10.8. The van der Waals surface area contributed by atoms with E-state index in [1.807, 2.05) is 39.8 Å². The molecule has 246 valence electrons. The normalized spacial score (nSPS) is 10.8. The molecule has 0 unspecified atom stereocenters. The van der Waals surface area contributed by atoms with Crippen LogP contribution in [0.5, 0.6) is 28.7 Å². The molecular weight excluding hydrogens is 596 g/mol. The number of Topliss-reactive ketones (excluding diaryl/α,β-unsaturated/α-hetero) is 1. The molecule has 0 atom stereocenters. The summed E-state index contributed by atoms with van der Waals surface area (Å²) in [5, 5.41) is 0. The van der Waals surface area contributed by atoms with Gasteiger partial charge in [-0.3, -0.25) is 14.4 Å². The van der Waals surface area contributed by atoms with Crippen LogP contribution in [0.2, 0.25) is 0 Å². The molecule has 0 aliphatic carbocycles. The number of hydrogen-bond donors (Lipinski definition) is 0. The van der Waals surface area contributed by atoms with Gasteiger partial charge in [-0.25, -0.2) is 0 Å². The minimum absolute atomic E-state index is 0.0338. The lowest BCUT2D eigenvalue weighted by Crippen LogP contribution is -2.07. The van der Waals surface area contributed by atoms with E-state index < -0.39 is 0 Å². The first-order valence-corrected chi connectivity index (χ1v) is 15.4. The highest BCUT2D eigenvalue weighted by Crippen LogP contribution is 2.50. The number of ether oxygens (including phenoxy) is 5. The number of aryl methyl sites for hydroxylation is 1. The lowest BCUT2D eigenvalue weighted by molar-refractivity contribution is 0.0984. The second-order valence-corrected chi connectivity index (χ2v) is 11.2. The first-order chi connectivity index (χ1) is 22.6. The van der Waals surface area contributed by atoms with Gasteiger partial charge in [0.2, 0.25) is 0 Å². The Labute approximate surface area is 276 Å². The molecule has 0 heterocycles. The molecule has 0 bridgehead atoms. The molecule has 8 nitrogen and oxygen atoms in total. The lowest BCUT2D eigenvalue weighted by Gasteiger charge is -2.27. The number of carbonyl (C=O) groups is 3. The second-order valence-electron chi connectivity index (χ2n) is 11.2. The largest absolute Gasteiger partial charge is 0.496 e. The SMILES string of the molecule is CCC(=O)c1cc(-c2c(C)c(-c3cc(C=O)c(OC)cc3OC)c(C)c(-c3cc(C=O)c(OC)cc3OC)c2C)c(CC)cc1OC. The van der Waals surface area contributed by atoms with Crippen LogP contribution >= 0.6 is 0 Å². The van der Waals surface area contributed by atoms with Crippen LogP contribution in [0.3, 0.4) is 0 Å². The van der Waals surface area contributed by atoms with Crippen molar-refractivity contribution >= 4 is 18.4 Å². The zero-order valence-corrected chi connectivity index (χ0v) is 28.8. The molecule has 0 aliphatic heterocycles. The van der Waals surface area contributed by atoms with Crippen molar-refractivity contribution in [1.82, 2.24) is 0 Å². The zero-order chi connectivity index (χ0) is 34.6. The molecule has 0 radical (unpaired) electrons. The van der Waals surface area contributed by atoms with E-state index >= 15 is 0 Å². The Morgan fingerprint density at radius 3 is 1.30 bits per heavy atom.